The number of methoxy groups -OCH3 is 1. The van der Waals surface area contributed by atoms with Crippen molar-refractivity contribution in [2.75, 3.05) is 7.11 Å². The second-order valence-corrected chi connectivity index (χ2v) is 6.63. The fourth-order valence-corrected chi connectivity index (χ4v) is 2.80. The average molecular weight is 409 g/mol. The van der Waals surface area contributed by atoms with E-state index in [1.54, 1.807) is 18.0 Å². The number of para-hydroxylation sites is 1. The van der Waals surface area contributed by atoms with Gasteiger partial charge in [-0.25, -0.2) is 0 Å². The van der Waals surface area contributed by atoms with Gasteiger partial charge in [-0.05, 0) is 43.3 Å². The highest BCUT2D eigenvalue weighted by atomic mass is 32.1. The fraction of sp³-hybridized carbons (Fsp3) is 0.182. The molecule has 1 atom stereocenters. The number of ether oxygens (including phenoxy) is 2. The molecule has 1 unspecified atom stereocenters. The molecule has 0 aliphatic heterocycles. The van der Waals surface area contributed by atoms with E-state index >= 15 is 0 Å². The van der Waals surface area contributed by atoms with Gasteiger partial charge in [0.2, 0.25) is 0 Å². The zero-order chi connectivity index (χ0) is 20.6. The van der Waals surface area contributed by atoms with Crippen molar-refractivity contribution in [2.24, 2.45) is 7.05 Å². The van der Waals surface area contributed by atoms with Crippen molar-refractivity contribution in [1.82, 2.24) is 19.5 Å². The topological polar surface area (TPSA) is 61.2 Å². The second-order valence-electron chi connectivity index (χ2n) is 6.37. The lowest BCUT2D eigenvalue weighted by molar-refractivity contribution is 0.415. The Kier molecular flexibility index (Phi) is 7.10. The molecule has 29 heavy (non-hydrogen) atoms. The zero-order valence-electron chi connectivity index (χ0n) is 16.6. The van der Waals surface area contributed by atoms with Gasteiger partial charge < -0.3 is 9.47 Å². The van der Waals surface area contributed by atoms with Crippen molar-refractivity contribution in [3.05, 3.63) is 78.8 Å². The van der Waals surface area contributed by atoms with Gasteiger partial charge in [0.15, 0.2) is 0 Å². The largest absolute Gasteiger partial charge is 0.497 e. The summed E-state index contributed by atoms with van der Waals surface area (Å²) in [6, 6.07) is 19.5. The van der Waals surface area contributed by atoms with Gasteiger partial charge in [0.25, 0.3) is 0 Å². The van der Waals surface area contributed by atoms with E-state index in [4.69, 9.17) is 9.47 Å². The predicted molar refractivity (Wildman–Crippen MR) is 119 cm³/mol. The number of aryl methyl sites for hydroxylation is 1. The number of pyridine rings is 1. The Bertz CT molecular complexity index is 1050. The van der Waals surface area contributed by atoms with E-state index in [2.05, 4.69) is 27.6 Å². The first-order chi connectivity index (χ1) is 14.1. The van der Waals surface area contributed by atoms with Gasteiger partial charge in [0.1, 0.15) is 17.2 Å². The minimum Gasteiger partial charge on any atom is -0.497 e. The zero-order valence-corrected chi connectivity index (χ0v) is 17.5. The summed E-state index contributed by atoms with van der Waals surface area (Å²) >= 11 is 3.94. The summed E-state index contributed by atoms with van der Waals surface area (Å²) in [4.78, 5) is 4.33. The standard InChI is InChI=1S/C16H13NO2.C6H11N3S/c1-18-13-7-8-14-15(11-13)17-10-9-16(14)19-12-5-3-2-4-6-12;1-5(8-10)6-3-4-9(2)7-6/h2-11H,1H3;3-5,8,10H,1-2H3. The molecule has 0 bridgehead atoms. The van der Waals surface area contributed by atoms with Crippen LogP contribution < -0.4 is 14.2 Å². The minimum atomic E-state index is 0.213. The summed E-state index contributed by atoms with van der Waals surface area (Å²) in [7, 11) is 3.54. The van der Waals surface area contributed by atoms with Crippen LogP contribution in [-0.4, -0.2) is 21.9 Å². The molecule has 6 nitrogen and oxygen atoms in total. The average Bonchev–Trinajstić information content (AvgIpc) is 3.20. The summed E-state index contributed by atoms with van der Waals surface area (Å²) in [6.45, 7) is 2.01. The van der Waals surface area contributed by atoms with Crippen LogP contribution in [0, 0.1) is 0 Å². The quantitative estimate of drug-likeness (QED) is 0.458. The molecule has 0 aliphatic carbocycles. The summed E-state index contributed by atoms with van der Waals surface area (Å²) in [6.07, 6.45) is 3.65. The van der Waals surface area contributed by atoms with E-state index in [1.807, 2.05) is 80.8 Å². The van der Waals surface area contributed by atoms with Crippen molar-refractivity contribution in [2.45, 2.75) is 13.0 Å². The predicted octanol–water partition coefficient (Wildman–Crippen LogP) is 4.95. The summed E-state index contributed by atoms with van der Waals surface area (Å²) < 4.78 is 15.7. The van der Waals surface area contributed by atoms with Crippen LogP contribution in [0.1, 0.15) is 18.7 Å². The smallest absolute Gasteiger partial charge is 0.138 e. The Labute approximate surface area is 176 Å². The molecular weight excluding hydrogens is 384 g/mol. The van der Waals surface area contributed by atoms with Crippen molar-refractivity contribution in [3.8, 4) is 17.2 Å². The van der Waals surface area contributed by atoms with E-state index < -0.39 is 0 Å². The van der Waals surface area contributed by atoms with Crippen LogP contribution in [0.2, 0.25) is 0 Å². The molecule has 0 fully saturated rings. The number of nitrogens with zero attached hydrogens (tertiary/aromatic N) is 3. The van der Waals surface area contributed by atoms with E-state index in [9.17, 15) is 0 Å². The monoisotopic (exact) mass is 408 g/mol. The SMILES string of the molecule is CC(NS)c1ccn(C)n1.COc1ccc2c(Oc3ccccc3)ccnc2c1. The third kappa shape index (κ3) is 5.49. The van der Waals surface area contributed by atoms with Crippen molar-refractivity contribution in [1.29, 1.82) is 0 Å². The number of thiol groups is 1. The molecule has 0 aliphatic rings. The first-order valence-electron chi connectivity index (χ1n) is 9.15. The van der Waals surface area contributed by atoms with Gasteiger partial charge in [0.05, 0.1) is 24.4 Å². The highest BCUT2D eigenvalue weighted by Crippen LogP contribution is 2.30. The molecule has 0 radical (unpaired) electrons. The Balaban J connectivity index is 0.000000204. The van der Waals surface area contributed by atoms with Gasteiger partial charge in [-0.2, -0.15) is 5.10 Å². The van der Waals surface area contributed by atoms with Crippen molar-refractivity contribution in [3.63, 3.8) is 0 Å². The molecule has 7 heteroatoms. The fourth-order valence-electron chi connectivity index (χ4n) is 2.66. The molecule has 1 N–H and O–H groups in total. The molecule has 0 amide bonds. The maximum absolute atomic E-state index is 5.88. The normalized spacial score (nSPS) is 11.4. The maximum Gasteiger partial charge on any atom is 0.138 e. The van der Waals surface area contributed by atoms with E-state index in [1.165, 1.54) is 0 Å². The van der Waals surface area contributed by atoms with Gasteiger partial charge in [0, 0.05) is 30.9 Å². The molecule has 150 valence electrons. The van der Waals surface area contributed by atoms with Gasteiger partial charge >= 0.3 is 0 Å². The number of hydrogen-bond donors (Lipinski definition) is 2. The van der Waals surface area contributed by atoms with Crippen molar-refractivity contribution < 1.29 is 9.47 Å². The maximum atomic E-state index is 5.88. The number of nitrogens with one attached hydrogen (secondary N) is 1. The number of hydrogen-bond acceptors (Lipinski definition) is 6. The summed E-state index contributed by atoms with van der Waals surface area (Å²) in [5, 5.41) is 5.15. The van der Waals surface area contributed by atoms with Crippen LogP contribution in [0.15, 0.2) is 73.1 Å². The highest BCUT2D eigenvalue weighted by molar-refractivity contribution is 7.78. The Hall–Kier alpha value is -3.03. The molecule has 0 spiro atoms. The lowest BCUT2D eigenvalue weighted by Crippen LogP contribution is -2.07. The van der Waals surface area contributed by atoms with E-state index in [0.717, 1.165) is 33.8 Å². The third-order valence-corrected chi connectivity index (χ3v) is 4.64. The highest BCUT2D eigenvalue weighted by Gasteiger charge is 2.05. The van der Waals surface area contributed by atoms with Crippen LogP contribution in [0.3, 0.4) is 0 Å². The van der Waals surface area contributed by atoms with Crippen LogP contribution in [0.5, 0.6) is 17.2 Å². The van der Waals surface area contributed by atoms with Crippen LogP contribution in [-0.2, 0) is 7.05 Å². The lowest BCUT2D eigenvalue weighted by Gasteiger charge is -2.09. The molecule has 2 heterocycles. The molecule has 4 rings (SSSR count). The molecule has 2 aromatic heterocycles. The number of aromatic nitrogens is 3. The van der Waals surface area contributed by atoms with Gasteiger partial charge in [-0.1, -0.05) is 31.0 Å². The third-order valence-electron chi connectivity index (χ3n) is 4.25. The lowest BCUT2D eigenvalue weighted by atomic mass is 10.2. The first-order valence-corrected chi connectivity index (χ1v) is 9.60. The van der Waals surface area contributed by atoms with E-state index in [-0.39, 0.29) is 6.04 Å². The van der Waals surface area contributed by atoms with Crippen LogP contribution in [0.25, 0.3) is 10.9 Å². The summed E-state index contributed by atoms with van der Waals surface area (Å²) in [5.74, 6) is 2.39. The minimum absolute atomic E-state index is 0.213. The van der Waals surface area contributed by atoms with Crippen LogP contribution >= 0.6 is 12.8 Å². The second kappa shape index (κ2) is 9.95. The van der Waals surface area contributed by atoms with Gasteiger partial charge in [-0.15, -0.1) is 0 Å². The Morgan fingerprint density at radius 2 is 1.83 bits per heavy atom. The molecule has 4 aromatic rings. The number of benzene rings is 2. The molecule has 2 aromatic carbocycles. The van der Waals surface area contributed by atoms with Crippen LogP contribution in [0.4, 0.5) is 0 Å². The Morgan fingerprint density at radius 1 is 1.03 bits per heavy atom. The number of fused-ring (bicyclic) bond motifs is 1. The van der Waals surface area contributed by atoms with E-state index in [0.29, 0.717) is 0 Å². The Morgan fingerprint density at radius 3 is 2.48 bits per heavy atom. The molecular formula is C22H24N4O2S. The summed E-state index contributed by atoms with van der Waals surface area (Å²) in [5.41, 5.74) is 1.87. The van der Waals surface area contributed by atoms with Gasteiger partial charge in [-0.3, -0.25) is 14.4 Å². The number of rotatable bonds is 5. The molecule has 0 saturated heterocycles. The molecule has 0 saturated carbocycles. The van der Waals surface area contributed by atoms with Crippen molar-refractivity contribution >= 4 is 23.7 Å². The first kappa shape index (κ1) is 20.7.